The highest BCUT2D eigenvalue weighted by Gasteiger charge is 2.05. The number of ketones is 1. The van der Waals surface area contributed by atoms with Crippen LogP contribution >= 0.6 is 11.8 Å². The summed E-state index contributed by atoms with van der Waals surface area (Å²) in [4.78, 5) is 14.9. The van der Waals surface area contributed by atoms with Gasteiger partial charge in [-0.05, 0) is 0 Å². The van der Waals surface area contributed by atoms with Gasteiger partial charge in [-0.1, -0.05) is 0 Å². The lowest BCUT2D eigenvalue weighted by Gasteiger charge is -2.11. The van der Waals surface area contributed by atoms with Crippen molar-refractivity contribution < 1.29 is 19.7 Å². The lowest BCUT2D eigenvalue weighted by Crippen LogP contribution is -2.18. The topological polar surface area (TPSA) is 70.0 Å². The molecule has 0 aromatic heterocycles. The third kappa shape index (κ3) is 5.87. The van der Waals surface area contributed by atoms with Gasteiger partial charge in [0.1, 0.15) is 6.61 Å². The molecule has 0 unspecified atom stereocenters. The number of nitrogens with zero attached hydrogens (tertiary/aromatic N) is 1. The zero-order valence-electron chi connectivity index (χ0n) is 5.48. The van der Waals surface area contributed by atoms with Crippen molar-refractivity contribution in [2.24, 2.45) is 0 Å². The summed E-state index contributed by atoms with van der Waals surface area (Å²) in [6.07, 6.45) is 2.71. The van der Waals surface area contributed by atoms with E-state index in [2.05, 4.69) is 4.84 Å². The van der Waals surface area contributed by atoms with Gasteiger partial charge in [0.15, 0.2) is 5.78 Å². The average molecular weight is 178 g/mol. The maximum absolute atomic E-state index is 10.3. The van der Waals surface area contributed by atoms with Crippen LogP contribution < -0.4 is 0 Å². The highest BCUT2D eigenvalue weighted by atomic mass is 35.5. The Hall–Kier alpha value is -0.555. The summed E-state index contributed by atoms with van der Waals surface area (Å²) in [5.74, 6) is -0.0677. The maximum Gasteiger partial charge on any atom is 0.482 e. The van der Waals surface area contributed by atoms with Gasteiger partial charge in [-0.15, -0.1) is 0 Å². The predicted octanol–water partition coefficient (Wildman–Crippen LogP) is -1.02. The van der Waals surface area contributed by atoms with Gasteiger partial charge in [0, 0.05) is 17.9 Å². The van der Waals surface area contributed by atoms with Gasteiger partial charge >= 0.3 is 7.69 Å². The van der Waals surface area contributed by atoms with Gasteiger partial charge in [0.2, 0.25) is 0 Å². The first-order chi connectivity index (χ1) is 5.20. The third-order valence-corrected chi connectivity index (χ3v) is 0.918. The fourth-order valence-electron chi connectivity index (χ4n) is 0.358. The van der Waals surface area contributed by atoms with Crippen molar-refractivity contribution in [1.82, 2.24) is 4.58 Å². The molecule has 1 radical (unpaired) electrons. The predicted molar refractivity (Wildman–Crippen MR) is 38.0 cm³/mol. The molecule has 11 heavy (non-hydrogen) atoms. The molecule has 0 saturated heterocycles. The van der Waals surface area contributed by atoms with Crippen LogP contribution in [0.1, 0.15) is 0 Å². The van der Waals surface area contributed by atoms with Crippen LogP contribution in [0.2, 0.25) is 0 Å². The Bertz CT molecular complexity index is 153. The van der Waals surface area contributed by atoms with E-state index in [1.165, 1.54) is 12.3 Å². The third-order valence-electron chi connectivity index (χ3n) is 0.708. The van der Waals surface area contributed by atoms with Crippen LogP contribution in [-0.2, 0) is 9.63 Å². The van der Waals surface area contributed by atoms with E-state index in [1.54, 1.807) is 0 Å². The Labute approximate surface area is 69.2 Å². The second kappa shape index (κ2) is 6.17. The van der Waals surface area contributed by atoms with E-state index in [1.807, 2.05) is 0 Å². The molecule has 0 aliphatic carbocycles. The molecule has 61 valence electrons. The van der Waals surface area contributed by atoms with E-state index < -0.39 is 0 Å². The van der Waals surface area contributed by atoms with Gasteiger partial charge in [-0.3, -0.25) is 4.79 Å². The van der Waals surface area contributed by atoms with E-state index >= 15 is 0 Å². The molecule has 0 atom stereocenters. The fourth-order valence-corrected chi connectivity index (χ4v) is 0.463. The summed E-state index contributed by atoms with van der Waals surface area (Å²) < 4.78 is 0.974. The standard InChI is InChI=1S/C4H4ClNO2.BH2O2/c5-6-2-1-4(7)3-8-6;2-1-3/h1-2H,3H2;2-3H. The molecule has 2 N–H and O–H groups in total. The van der Waals surface area contributed by atoms with Crippen molar-refractivity contribution in [3.05, 3.63) is 12.3 Å². The largest absolute Gasteiger partial charge is 0.482 e. The highest BCUT2D eigenvalue weighted by Crippen LogP contribution is 2.01. The van der Waals surface area contributed by atoms with Gasteiger partial charge < -0.3 is 10.0 Å². The molecule has 1 aliphatic heterocycles. The molecule has 7 heteroatoms. The quantitative estimate of drug-likeness (QED) is 0.367. The Kier molecular flexibility index (Phi) is 5.86. The van der Waals surface area contributed by atoms with Crippen molar-refractivity contribution >= 4 is 25.2 Å². The van der Waals surface area contributed by atoms with Crippen molar-refractivity contribution in [3.8, 4) is 0 Å². The summed E-state index contributed by atoms with van der Waals surface area (Å²) in [5.41, 5.74) is 0. The fraction of sp³-hybridized carbons (Fsp3) is 0.250. The molecule has 5 nitrogen and oxygen atoms in total. The minimum atomic E-state index is -0.0677. The van der Waals surface area contributed by atoms with Crippen LogP contribution in [0.3, 0.4) is 0 Å². The van der Waals surface area contributed by atoms with E-state index in [9.17, 15) is 4.79 Å². The minimum absolute atomic E-state index is 0. The maximum atomic E-state index is 10.3. The molecule has 1 aliphatic rings. The first-order valence-electron chi connectivity index (χ1n) is 2.59. The highest BCUT2D eigenvalue weighted by molar-refractivity contribution is 6.14. The molecular weight excluding hydrogens is 172 g/mol. The molecule has 0 fully saturated rings. The van der Waals surface area contributed by atoms with Crippen molar-refractivity contribution in [2.75, 3.05) is 6.61 Å². The molecule has 0 amide bonds. The van der Waals surface area contributed by atoms with E-state index in [-0.39, 0.29) is 20.1 Å². The molecule has 0 aromatic carbocycles. The summed E-state index contributed by atoms with van der Waals surface area (Å²) in [6, 6.07) is 0. The Morgan fingerprint density at radius 3 is 2.55 bits per heavy atom. The molecule has 0 bridgehead atoms. The first-order valence-corrected chi connectivity index (χ1v) is 2.93. The molecule has 0 aromatic rings. The van der Waals surface area contributed by atoms with Gasteiger partial charge in [0.05, 0.1) is 6.20 Å². The summed E-state index contributed by atoms with van der Waals surface area (Å²) in [7, 11) is 0. The van der Waals surface area contributed by atoms with Gasteiger partial charge in [0.25, 0.3) is 0 Å². The Morgan fingerprint density at radius 2 is 2.27 bits per heavy atom. The second-order valence-electron chi connectivity index (χ2n) is 1.44. The SMILES string of the molecule is O=C1C=CN(Cl)OC1.O[B]O. The zero-order valence-corrected chi connectivity index (χ0v) is 6.23. The Balaban J connectivity index is 0.000000292. The minimum Gasteiger partial charge on any atom is -0.429 e. The molecular formula is C4H6BClNO4. The van der Waals surface area contributed by atoms with Crippen molar-refractivity contribution in [3.63, 3.8) is 0 Å². The smallest absolute Gasteiger partial charge is 0.429 e. The van der Waals surface area contributed by atoms with E-state index in [0.717, 1.165) is 4.58 Å². The molecule has 0 spiro atoms. The zero-order chi connectivity index (χ0) is 8.69. The second-order valence-corrected chi connectivity index (χ2v) is 1.78. The van der Waals surface area contributed by atoms with Crippen LogP contribution in [0.4, 0.5) is 0 Å². The number of carbonyl (C=O) groups excluding carboxylic acids is 1. The van der Waals surface area contributed by atoms with Crippen LogP contribution in [0.15, 0.2) is 12.3 Å². The lowest BCUT2D eigenvalue weighted by molar-refractivity contribution is -0.131. The van der Waals surface area contributed by atoms with Crippen LogP contribution in [-0.4, -0.2) is 34.7 Å². The monoisotopic (exact) mass is 178 g/mol. The summed E-state index contributed by atoms with van der Waals surface area (Å²) in [5, 5.41) is 14.0. The molecule has 1 heterocycles. The summed E-state index contributed by atoms with van der Waals surface area (Å²) in [6.45, 7) is 0.0417. The number of hydrogen-bond acceptors (Lipinski definition) is 5. The van der Waals surface area contributed by atoms with E-state index in [4.69, 9.17) is 21.8 Å². The van der Waals surface area contributed by atoms with Crippen LogP contribution in [0.5, 0.6) is 0 Å². The number of halogens is 1. The molecule has 0 saturated carbocycles. The lowest BCUT2D eigenvalue weighted by atomic mass is 10.4. The Morgan fingerprint density at radius 1 is 1.73 bits per heavy atom. The number of hydroxylamine groups is 1. The van der Waals surface area contributed by atoms with Crippen LogP contribution in [0, 0.1) is 0 Å². The van der Waals surface area contributed by atoms with Gasteiger partial charge in [-0.25, -0.2) is 4.84 Å². The first kappa shape index (κ1) is 10.4. The molecule has 1 rings (SSSR count). The number of carbonyl (C=O) groups is 1. The van der Waals surface area contributed by atoms with Gasteiger partial charge in [-0.2, -0.15) is 4.58 Å². The normalized spacial score (nSPS) is 15.5. The van der Waals surface area contributed by atoms with E-state index in [0.29, 0.717) is 0 Å². The van der Waals surface area contributed by atoms with Crippen molar-refractivity contribution in [2.45, 2.75) is 0 Å². The number of rotatable bonds is 0. The van der Waals surface area contributed by atoms with Crippen LogP contribution in [0.25, 0.3) is 0 Å². The average Bonchev–Trinajstić information content (AvgIpc) is 1.97. The summed E-state index contributed by atoms with van der Waals surface area (Å²) >= 11 is 5.25. The number of hydrogen-bond donors (Lipinski definition) is 2. The van der Waals surface area contributed by atoms with Crippen molar-refractivity contribution in [1.29, 1.82) is 0 Å².